The van der Waals surface area contributed by atoms with Crippen molar-refractivity contribution in [2.24, 2.45) is 0 Å². The molecule has 0 N–H and O–H groups in total. The van der Waals surface area contributed by atoms with Gasteiger partial charge in [-0.05, 0) is 43.0 Å². The molecule has 0 saturated carbocycles. The third kappa shape index (κ3) is 4.12. The van der Waals surface area contributed by atoms with Gasteiger partial charge in [0.1, 0.15) is 10.6 Å². The highest BCUT2D eigenvalue weighted by molar-refractivity contribution is 7.89. The fourth-order valence-electron chi connectivity index (χ4n) is 3.13. The summed E-state index contributed by atoms with van der Waals surface area (Å²) in [7, 11) is -2.24. The van der Waals surface area contributed by atoms with Crippen molar-refractivity contribution in [2.45, 2.75) is 38.5 Å². The molecule has 26 heavy (non-hydrogen) atoms. The molecule has 0 unspecified atom stereocenters. The molecule has 0 spiro atoms. The molecule has 1 aliphatic rings. The molecule has 0 radical (unpaired) electrons. The maximum Gasteiger partial charge on any atom is 0.409 e. The fraction of sp³-hybridized carbons (Fsp3) is 0.611. The predicted octanol–water partition coefficient (Wildman–Crippen LogP) is 2.59. The lowest BCUT2D eigenvalue weighted by atomic mass is 9.98. The van der Waals surface area contributed by atoms with Crippen LogP contribution in [0.15, 0.2) is 17.0 Å². The van der Waals surface area contributed by atoms with Crippen LogP contribution in [-0.2, 0) is 14.8 Å². The van der Waals surface area contributed by atoms with Crippen molar-refractivity contribution in [3.8, 4) is 5.75 Å². The first kappa shape index (κ1) is 20.5. The van der Waals surface area contributed by atoms with Gasteiger partial charge in [-0.2, -0.15) is 4.31 Å². The van der Waals surface area contributed by atoms with Crippen LogP contribution in [-0.4, -0.2) is 63.6 Å². The summed E-state index contributed by atoms with van der Waals surface area (Å²) in [4.78, 5) is 13.5. The van der Waals surface area contributed by atoms with Crippen LogP contribution in [0.25, 0.3) is 0 Å². The minimum atomic E-state index is -3.71. The second-order valence-corrected chi connectivity index (χ2v) is 8.51. The molecule has 2 rings (SSSR count). The average molecular weight is 384 g/mol. The highest BCUT2D eigenvalue weighted by Crippen LogP contribution is 2.33. The van der Waals surface area contributed by atoms with Crippen LogP contribution in [0.4, 0.5) is 4.79 Å². The lowest BCUT2D eigenvalue weighted by Crippen LogP contribution is -2.50. The Bertz CT molecular complexity index is 753. The Hall–Kier alpha value is -1.80. The number of carbonyl (C=O) groups excluding carboxylic acids is 1. The Morgan fingerprint density at radius 1 is 1.19 bits per heavy atom. The number of carbonyl (C=O) groups is 1. The van der Waals surface area contributed by atoms with Crippen LogP contribution < -0.4 is 4.74 Å². The van der Waals surface area contributed by atoms with Gasteiger partial charge in [-0.25, -0.2) is 13.2 Å². The van der Waals surface area contributed by atoms with Gasteiger partial charge in [0.2, 0.25) is 10.0 Å². The number of hydrogen-bond acceptors (Lipinski definition) is 5. The Balaban J connectivity index is 2.28. The van der Waals surface area contributed by atoms with E-state index in [0.29, 0.717) is 25.4 Å². The molecular weight excluding hydrogens is 356 g/mol. The topological polar surface area (TPSA) is 76.2 Å². The largest absolute Gasteiger partial charge is 0.495 e. The van der Waals surface area contributed by atoms with Crippen LogP contribution >= 0.6 is 0 Å². The molecule has 1 heterocycles. The zero-order valence-corrected chi connectivity index (χ0v) is 16.9. The highest BCUT2D eigenvalue weighted by Gasteiger charge is 2.33. The number of piperazine rings is 1. The molecule has 0 aromatic heterocycles. The van der Waals surface area contributed by atoms with Crippen molar-refractivity contribution < 1.29 is 22.7 Å². The summed E-state index contributed by atoms with van der Waals surface area (Å²) in [5.74, 6) is 0.551. The monoisotopic (exact) mass is 384 g/mol. The van der Waals surface area contributed by atoms with E-state index < -0.39 is 16.1 Å². The lowest BCUT2D eigenvalue weighted by molar-refractivity contribution is 0.0934. The van der Waals surface area contributed by atoms with Crippen LogP contribution in [0.3, 0.4) is 0 Å². The normalized spacial score (nSPS) is 16.0. The van der Waals surface area contributed by atoms with E-state index >= 15 is 0 Å². The quantitative estimate of drug-likeness (QED) is 0.780. The minimum absolute atomic E-state index is 0.180. The second kappa shape index (κ2) is 8.26. The highest BCUT2D eigenvalue weighted by atomic mass is 32.2. The van der Waals surface area contributed by atoms with Crippen molar-refractivity contribution in [1.82, 2.24) is 9.21 Å². The van der Waals surface area contributed by atoms with Crippen LogP contribution in [0.1, 0.15) is 37.8 Å². The Kier molecular flexibility index (Phi) is 6.52. The molecule has 146 valence electrons. The Labute approximate surface area is 155 Å². The Morgan fingerprint density at radius 2 is 1.81 bits per heavy atom. The number of benzene rings is 1. The van der Waals surface area contributed by atoms with Gasteiger partial charge < -0.3 is 14.4 Å². The zero-order valence-electron chi connectivity index (χ0n) is 16.1. The molecule has 7 nitrogen and oxygen atoms in total. The first-order chi connectivity index (χ1) is 12.2. The number of methoxy groups -OCH3 is 1. The summed E-state index contributed by atoms with van der Waals surface area (Å²) >= 11 is 0. The van der Waals surface area contributed by atoms with Gasteiger partial charge in [0.05, 0.1) is 13.7 Å². The number of hydrogen-bond donors (Lipinski definition) is 0. The lowest BCUT2D eigenvalue weighted by Gasteiger charge is -2.33. The van der Waals surface area contributed by atoms with E-state index in [1.165, 1.54) is 16.3 Å². The molecule has 1 aliphatic heterocycles. The van der Waals surface area contributed by atoms with Gasteiger partial charge in [-0.15, -0.1) is 0 Å². The minimum Gasteiger partial charge on any atom is -0.495 e. The average Bonchev–Trinajstić information content (AvgIpc) is 2.61. The first-order valence-electron chi connectivity index (χ1n) is 8.82. The number of sulfonamides is 1. The predicted molar refractivity (Wildman–Crippen MR) is 99.2 cm³/mol. The maximum absolute atomic E-state index is 13.2. The van der Waals surface area contributed by atoms with Crippen molar-refractivity contribution in [3.63, 3.8) is 0 Å². The zero-order chi connectivity index (χ0) is 19.5. The van der Waals surface area contributed by atoms with E-state index in [2.05, 4.69) is 0 Å². The standard InChI is InChI=1S/C18H28N2O5S/c1-6-25-18(21)19-7-9-20(10-8-19)26(22,23)17-12-15(13(2)3)14(4)11-16(17)24-5/h11-13H,6-10H2,1-5H3. The summed E-state index contributed by atoms with van der Waals surface area (Å²) in [6.45, 7) is 9.14. The summed E-state index contributed by atoms with van der Waals surface area (Å²) in [6.07, 6.45) is -0.403. The van der Waals surface area contributed by atoms with Gasteiger partial charge in [0.25, 0.3) is 0 Å². The van der Waals surface area contributed by atoms with Crippen LogP contribution in [0.2, 0.25) is 0 Å². The second-order valence-electron chi connectivity index (χ2n) is 6.60. The number of nitrogens with zero attached hydrogens (tertiary/aromatic N) is 2. The summed E-state index contributed by atoms with van der Waals surface area (Å²) < 4.78 is 38.1. The molecule has 1 saturated heterocycles. The molecule has 1 aromatic carbocycles. The van der Waals surface area contributed by atoms with E-state index in [4.69, 9.17) is 9.47 Å². The number of amides is 1. The SMILES string of the molecule is CCOC(=O)N1CCN(S(=O)(=O)c2cc(C(C)C)c(C)cc2OC)CC1. The van der Waals surface area contributed by atoms with E-state index in [1.54, 1.807) is 19.1 Å². The molecule has 0 aliphatic carbocycles. The van der Waals surface area contributed by atoms with E-state index in [1.807, 2.05) is 20.8 Å². The van der Waals surface area contributed by atoms with Gasteiger partial charge >= 0.3 is 6.09 Å². The first-order valence-corrected chi connectivity index (χ1v) is 10.3. The molecule has 8 heteroatoms. The molecule has 1 aromatic rings. The van der Waals surface area contributed by atoms with Crippen LogP contribution in [0.5, 0.6) is 5.75 Å². The van der Waals surface area contributed by atoms with Crippen molar-refractivity contribution in [2.75, 3.05) is 39.9 Å². The van der Waals surface area contributed by atoms with E-state index in [-0.39, 0.29) is 23.9 Å². The number of aryl methyl sites for hydroxylation is 1. The van der Waals surface area contributed by atoms with Gasteiger partial charge in [0, 0.05) is 26.2 Å². The third-order valence-electron chi connectivity index (χ3n) is 4.56. The number of rotatable bonds is 5. The molecule has 0 bridgehead atoms. The van der Waals surface area contributed by atoms with Gasteiger partial charge in [-0.3, -0.25) is 0 Å². The number of ether oxygens (including phenoxy) is 2. The van der Waals surface area contributed by atoms with Gasteiger partial charge in [0.15, 0.2) is 0 Å². The summed E-state index contributed by atoms with van der Waals surface area (Å²) in [6, 6.07) is 3.49. The third-order valence-corrected chi connectivity index (χ3v) is 6.48. The molecule has 1 amide bonds. The maximum atomic E-state index is 13.2. The summed E-state index contributed by atoms with van der Waals surface area (Å²) in [5, 5.41) is 0. The molecule has 0 atom stereocenters. The van der Waals surface area contributed by atoms with Crippen molar-refractivity contribution in [1.29, 1.82) is 0 Å². The molecule has 1 fully saturated rings. The van der Waals surface area contributed by atoms with Gasteiger partial charge in [-0.1, -0.05) is 13.8 Å². The van der Waals surface area contributed by atoms with E-state index in [0.717, 1.165) is 11.1 Å². The Morgan fingerprint density at radius 3 is 2.31 bits per heavy atom. The fourth-order valence-corrected chi connectivity index (χ4v) is 4.72. The summed E-state index contributed by atoms with van der Waals surface area (Å²) in [5.41, 5.74) is 1.98. The smallest absolute Gasteiger partial charge is 0.409 e. The molecular formula is C18H28N2O5S. The van der Waals surface area contributed by atoms with Crippen LogP contribution in [0, 0.1) is 6.92 Å². The van der Waals surface area contributed by atoms with E-state index in [9.17, 15) is 13.2 Å². The van der Waals surface area contributed by atoms with Crippen molar-refractivity contribution >= 4 is 16.1 Å². The van der Waals surface area contributed by atoms with Crippen molar-refractivity contribution in [3.05, 3.63) is 23.3 Å².